The molecule has 7 nitrogen and oxygen atoms in total. The van der Waals surface area contributed by atoms with Gasteiger partial charge < -0.3 is 20.1 Å². The summed E-state index contributed by atoms with van der Waals surface area (Å²) in [5, 5.41) is 5.49. The van der Waals surface area contributed by atoms with E-state index in [4.69, 9.17) is 9.47 Å². The van der Waals surface area contributed by atoms with Gasteiger partial charge in [-0.05, 0) is 38.1 Å². The van der Waals surface area contributed by atoms with Gasteiger partial charge in [0.1, 0.15) is 17.2 Å². The number of hydrogen-bond donors (Lipinski definition) is 2. The third kappa shape index (κ3) is 4.69. The third-order valence-electron chi connectivity index (χ3n) is 3.33. The molecule has 2 amide bonds. The molecule has 0 radical (unpaired) electrons. The van der Waals surface area contributed by atoms with E-state index in [0.717, 1.165) is 0 Å². The van der Waals surface area contributed by atoms with E-state index in [9.17, 15) is 9.59 Å². The van der Waals surface area contributed by atoms with Crippen molar-refractivity contribution in [3.63, 3.8) is 0 Å². The van der Waals surface area contributed by atoms with Crippen molar-refractivity contribution in [2.24, 2.45) is 0 Å². The molecule has 0 aliphatic heterocycles. The third-order valence-corrected chi connectivity index (χ3v) is 3.33. The maximum atomic E-state index is 12.5. The number of ether oxygens (including phenoxy) is 2. The number of rotatable bonds is 6. The fourth-order valence-corrected chi connectivity index (χ4v) is 2.14. The second-order valence-corrected chi connectivity index (χ2v) is 5.58. The van der Waals surface area contributed by atoms with Crippen molar-refractivity contribution < 1.29 is 19.1 Å². The summed E-state index contributed by atoms with van der Waals surface area (Å²) in [5.74, 6) is 0.375. The van der Waals surface area contributed by atoms with Gasteiger partial charge in [-0.15, -0.1) is 0 Å². The van der Waals surface area contributed by atoms with Gasteiger partial charge in [0.05, 0.1) is 19.9 Å². The van der Waals surface area contributed by atoms with Crippen molar-refractivity contribution >= 4 is 17.5 Å². The molecule has 0 saturated heterocycles. The highest BCUT2D eigenvalue weighted by Crippen LogP contribution is 2.29. The van der Waals surface area contributed by atoms with E-state index in [1.165, 1.54) is 32.5 Å². The maximum absolute atomic E-state index is 12.5. The van der Waals surface area contributed by atoms with Crippen LogP contribution in [0.5, 0.6) is 11.5 Å². The summed E-state index contributed by atoms with van der Waals surface area (Å²) in [7, 11) is 3.05. The first-order valence-corrected chi connectivity index (χ1v) is 7.75. The molecule has 0 aliphatic carbocycles. The fraction of sp³-hybridized carbons (Fsp3) is 0.278. The Morgan fingerprint density at radius 3 is 2.44 bits per heavy atom. The first kappa shape index (κ1) is 18.3. The summed E-state index contributed by atoms with van der Waals surface area (Å²) in [4.78, 5) is 28.5. The van der Waals surface area contributed by atoms with E-state index >= 15 is 0 Å². The molecule has 0 aliphatic rings. The van der Waals surface area contributed by atoms with Crippen LogP contribution in [0.15, 0.2) is 36.5 Å². The number of aromatic nitrogens is 1. The lowest BCUT2D eigenvalue weighted by molar-refractivity contribution is 0.0938. The van der Waals surface area contributed by atoms with Crippen molar-refractivity contribution in [2.45, 2.75) is 19.9 Å². The minimum Gasteiger partial charge on any atom is -0.497 e. The minimum absolute atomic E-state index is 0.0205. The lowest BCUT2D eigenvalue weighted by atomic mass is 10.2. The summed E-state index contributed by atoms with van der Waals surface area (Å²) in [6, 6.07) is 8.04. The average Bonchev–Trinajstić information content (AvgIpc) is 2.61. The summed E-state index contributed by atoms with van der Waals surface area (Å²) < 4.78 is 10.4. The van der Waals surface area contributed by atoms with Crippen LogP contribution in [0.2, 0.25) is 0 Å². The summed E-state index contributed by atoms with van der Waals surface area (Å²) >= 11 is 0. The van der Waals surface area contributed by atoms with Crippen LogP contribution in [0, 0.1) is 0 Å². The van der Waals surface area contributed by atoms with E-state index in [0.29, 0.717) is 22.7 Å². The van der Waals surface area contributed by atoms with Crippen LogP contribution < -0.4 is 20.1 Å². The van der Waals surface area contributed by atoms with Gasteiger partial charge in [0.15, 0.2) is 0 Å². The predicted octanol–water partition coefficient (Wildman–Crippen LogP) is 2.49. The molecule has 0 atom stereocenters. The van der Waals surface area contributed by atoms with Gasteiger partial charge in [0, 0.05) is 23.9 Å². The van der Waals surface area contributed by atoms with E-state index < -0.39 is 0 Å². The number of benzene rings is 1. The number of nitrogens with one attached hydrogen (secondary N) is 2. The zero-order valence-electron chi connectivity index (χ0n) is 14.6. The summed E-state index contributed by atoms with van der Waals surface area (Å²) in [6.07, 6.45) is 1.42. The molecule has 0 bridgehead atoms. The molecule has 25 heavy (non-hydrogen) atoms. The van der Waals surface area contributed by atoms with E-state index in [1.807, 2.05) is 13.8 Å². The van der Waals surface area contributed by atoms with Crippen LogP contribution in [0.1, 0.15) is 34.7 Å². The van der Waals surface area contributed by atoms with Crippen LogP contribution in [-0.4, -0.2) is 37.1 Å². The summed E-state index contributed by atoms with van der Waals surface area (Å²) in [5.41, 5.74) is 0.963. The molecule has 2 aromatic rings. The second-order valence-electron chi connectivity index (χ2n) is 5.58. The van der Waals surface area contributed by atoms with Crippen molar-refractivity contribution in [3.05, 3.63) is 47.8 Å². The quantitative estimate of drug-likeness (QED) is 0.841. The van der Waals surface area contributed by atoms with E-state index in [-0.39, 0.29) is 23.6 Å². The van der Waals surface area contributed by atoms with Crippen LogP contribution in [0.4, 0.5) is 5.69 Å². The van der Waals surface area contributed by atoms with Gasteiger partial charge in [-0.1, -0.05) is 0 Å². The van der Waals surface area contributed by atoms with Crippen molar-refractivity contribution in [1.82, 2.24) is 10.3 Å². The molecule has 132 valence electrons. The molecular weight excluding hydrogens is 322 g/mol. The number of carbonyl (C=O) groups is 2. The Kier molecular flexibility index (Phi) is 5.94. The Labute approximate surface area is 146 Å². The highest BCUT2D eigenvalue weighted by molar-refractivity contribution is 6.06. The molecule has 0 spiro atoms. The SMILES string of the molecule is COc1ccc(OC)c(NC(=O)c2ccnc(C(=O)NC(C)C)c2)c1. The zero-order valence-corrected chi connectivity index (χ0v) is 14.6. The Morgan fingerprint density at radius 2 is 1.80 bits per heavy atom. The zero-order chi connectivity index (χ0) is 18.4. The van der Waals surface area contributed by atoms with Crippen LogP contribution in [-0.2, 0) is 0 Å². The highest BCUT2D eigenvalue weighted by Gasteiger charge is 2.14. The topological polar surface area (TPSA) is 89.6 Å². The molecule has 0 unspecified atom stereocenters. The smallest absolute Gasteiger partial charge is 0.270 e. The number of nitrogens with zero attached hydrogens (tertiary/aromatic N) is 1. The van der Waals surface area contributed by atoms with E-state index in [1.54, 1.807) is 18.2 Å². The van der Waals surface area contributed by atoms with Crippen LogP contribution in [0.25, 0.3) is 0 Å². The predicted molar refractivity (Wildman–Crippen MR) is 94.3 cm³/mol. The Bertz CT molecular complexity index is 775. The van der Waals surface area contributed by atoms with Crippen molar-refractivity contribution in [3.8, 4) is 11.5 Å². The second kappa shape index (κ2) is 8.14. The maximum Gasteiger partial charge on any atom is 0.270 e. The Hall–Kier alpha value is -3.09. The Morgan fingerprint density at radius 1 is 1.04 bits per heavy atom. The van der Waals surface area contributed by atoms with Crippen LogP contribution >= 0.6 is 0 Å². The number of amides is 2. The molecule has 2 N–H and O–H groups in total. The van der Waals surface area contributed by atoms with Gasteiger partial charge in [-0.3, -0.25) is 14.6 Å². The standard InChI is InChI=1S/C18H21N3O4/c1-11(2)20-18(23)15-9-12(7-8-19-15)17(22)21-14-10-13(24-3)5-6-16(14)25-4/h5-11H,1-4H3,(H,20,23)(H,21,22). The fourth-order valence-electron chi connectivity index (χ4n) is 2.14. The molecule has 1 heterocycles. The molecule has 7 heteroatoms. The number of pyridine rings is 1. The molecular formula is C18H21N3O4. The van der Waals surface area contributed by atoms with Gasteiger partial charge in [-0.2, -0.15) is 0 Å². The molecule has 0 saturated carbocycles. The van der Waals surface area contributed by atoms with E-state index in [2.05, 4.69) is 15.6 Å². The van der Waals surface area contributed by atoms with Crippen molar-refractivity contribution in [1.29, 1.82) is 0 Å². The number of methoxy groups -OCH3 is 2. The molecule has 2 rings (SSSR count). The van der Waals surface area contributed by atoms with Gasteiger partial charge >= 0.3 is 0 Å². The largest absolute Gasteiger partial charge is 0.497 e. The van der Waals surface area contributed by atoms with Gasteiger partial charge in [-0.25, -0.2) is 0 Å². The summed E-state index contributed by atoms with van der Waals surface area (Å²) in [6.45, 7) is 3.70. The number of anilines is 1. The lowest BCUT2D eigenvalue weighted by Gasteiger charge is -2.12. The van der Waals surface area contributed by atoms with Gasteiger partial charge in [0.25, 0.3) is 11.8 Å². The highest BCUT2D eigenvalue weighted by atomic mass is 16.5. The average molecular weight is 343 g/mol. The lowest BCUT2D eigenvalue weighted by Crippen LogP contribution is -2.31. The van der Waals surface area contributed by atoms with Gasteiger partial charge in [0.2, 0.25) is 0 Å². The molecule has 0 fully saturated rings. The monoisotopic (exact) mass is 343 g/mol. The van der Waals surface area contributed by atoms with Crippen LogP contribution in [0.3, 0.4) is 0 Å². The number of hydrogen-bond acceptors (Lipinski definition) is 5. The normalized spacial score (nSPS) is 10.3. The Balaban J connectivity index is 2.23. The van der Waals surface area contributed by atoms with Crippen molar-refractivity contribution in [2.75, 3.05) is 19.5 Å². The number of carbonyl (C=O) groups excluding carboxylic acids is 2. The molecule has 1 aromatic heterocycles. The first-order chi connectivity index (χ1) is 11.9. The molecule has 1 aromatic carbocycles. The minimum atomic E-state index is -0.382. The first-order valence-electron chi connectivity index (χ1n) is 7.75.